The number of carbonyl (C=O) groups excluding carboxylic acids is 6. The molecule has 6 amide bonds. The van der Waals surface area contributed by atoms with Gasteiger partial charge < -0.3 is 47.4 Å². The van der Waals surface area contributed by atoms with Gasteiger partial charge in [0.05, 0.1) is 6.04 Å². The minimum Gasteiger partial charge on any atom is -0.481 e. The molecule has 1 aliphatic rings. The average molecular weight is 820 g/mol. The molecule has 1 aromatic rings. The molecule has 2 rings (SSSR count). The van der Waals surface area contributed by atoms with Crippen LogP contribution in [-0.2, 0) is 44.8 Å². The summed E-state index contributed by atoms with van der Waals surface area (Å²) in [6.45, 7) is 8.83. The lowest BCUT2D eigenvalue weighted by Crippen LogP contribution is -2.60. The first-order valence-electron chi connectivity index (χ1n) is 19.4. The molecule has 18 heteroatoms. The minimum atomic E-state index is -1.41. The van der Waals surface area contributed by atoms with Crippen LogP contribution in [-0.4, -0.2) is 123 Å². The number of hydrogen-bond acceptors (Lipinski definition) is 10. The number of rotatable bonds is 24. The highest BCUT2D eigenvalue weighted by atomic mass is 32.2. The fraction of sp³-hybridized carbons (Fsp3) is 0.641. The zero-order chi connectivity index (χ0) is 42.8. The standard InChI is InChI=1S/C39H61N7O10S/c1-7-23(4)32(38(54)46-18-11-14-30(46)37(53)43-28(39(55)56)17-19-57-6)45-33(49)24(5)41-35(51)27(15-16-31(47)48)42-36(52)29(20-22(2)3)44-34(50)26(40)21-25-12-9-8-10-13-25/h8-10,12-13,22-24,26-30,32H,7,11,14-21,40H2,1-6H3,(H,41,51)(H,42,52)(H,43,53)(H,44,50)(H,45,49)(H,47,48)(H,55,56)/t23-,24-,26-,27-,28+,29-,30+,32-/m0/s1. The molecule has 0 spiro atoms. The lowest BCUT2D eigenvalue weighted by molar-refractivity contribution is -0.145. The number of nitrogens with zero attached hydrogens (tertiary/aromatic N) is 1. The molecule has 0 bridgehead atoms. The summed E-state index contributed by atoms with van der Waals surface area (Å²) < 4.78 is 0. The molecule has 1 aliphatic heterocycles. The summed E-state index contributed by atoms with van der Waals surface area (Å²) in [7, 11) is 0. The van der Waals surface area contributed by atoms with Crippen molar-refractivity contribution in [2.75, 3.05) is 18.6 Å². The van der Waals surface area contributed by atoms with E-state index in [1.54, 1.807) is 6.92 Å². The van der Waals surface area contributed by atoms with E-state index in [0.717, 1.165) is 5.56 Å². The van der Waals surface area contributed by atoms with E-state index >= 15 is 0 Å². The van der Waals surface area contributed by atoms with E-state index in [1.165, 1.54) is 23.6 Å². The van der Waals surface area contributed by atoms with E-state index in [4.69, 9.17) is 5.73 Å². The van der Waals surface area contributed by atoms with Crippen LogP contribution in [0.15, 0.2) is 30.3 Å². The van der Waals surface area contributed by atoms with Crippen molar-refractivity contribution in [2.45, 2.75) is 128 Å². The smallest absolute Gasteiger partial charge is 0.326 e. The van der Waals surface area contributed by atoms with Crippen LogP contribution >= 0.6 is 11.8 Å². The maximum Gasteiger partial charge on any atom is 0.326 e. The van der Waals surface area contributed by atoms with Crippen LogP contribution in [0.2, 0.25) is 0 Å². The molecule has 17 nitrogen and oxygen atoms in total. The van der Waals surface area contributed by atoms with Crippen molar-refractivity contribution in [3.8, 4) is 0 Å². The zero-order valence-corrected chi connectivity index (χ0v) is 34.6. The number of nitrogens with one attached hydrogen (secondary N) is 5. The number of carboxylic acid groups (broad SMARTS) is 2. The number of carbonyl (C=O) groups is 8. The molecule has 57 heavy (non-hydrogen) atoms. The van der Waals surface area contributed by atoms with Gasteiger partial charge in [-0.3, -0.25) is 33.6 Å². The maximum atomic E-state index is 13.9. The molecule has 0 saturated carbocycles. The van der Waals surface area contributed by atoms with Gasteiger partial charge in [-0.15, -0.1) is 0 Å². The highest BCUT2D eigenvalue weighted by molar-refractivity contribution is 7.98. The number of aliphatic carboxylic acids is 2. The molecule has 8 atom stereocenters. The van der Waals surface area contributed by atoms with Crippen LogP contribution in [0.3, 0.4) is 0 Å². The number of thioether (sulfide) groups is 1. The first-order valence-corrected chi connectivity index (χ1v) is 20.8. The molecule has 0 radical (unpaired) electrons. The predicted molar refractivity (Wildman–Crippen MR) is 215 cm³/mol. The Kier molecular flexibility index (Phi) is 20.5. The monoisotopic (exact) mass is 819 g/mol. The first kappa shape index (κ1) is 48.4. The number of carboxylic acids is 2. The Bertz CT molecular complexity index is 1550. The first-order chi connectivity index (χ1) is 26.9. The minimum absolute atomic E-state index is 0.0700. The third-order valence-electron chi connectivity index (χ3n) is 9.85. The van der Waals surface area contributed by atoms with Crippen molar-refractivity contribution in [1.82, 2.24) is 31.5 Å². The van der Waals surface area contributed by atoms with Crippen LogP contribution in [0.4, 0.5) is 0 Å². The number of amides is 6. The van der Waals surface area contributed by atoms with Crippen molar-refractivity contribution in [2.24, 2.45) is 17.6 Å². The molecule has 1 heterocycles. The summed E-state index contributed by atoms with van der Waals surface area (Å²) in [5.41, 5.74) is 6.97. The maximum absolute atomic E-state index is 13.9. The Morgan fingerprint density at radius 3 is 2.04 bits per heavy atom. The van der Waals surface area contributed by atoms with E-state index in [0.29, 0.717) is 25.0 Å². The number of hydrogen-bond donors (Lipinski definition) is 8. The molecule has 1 fully saturated rings. The summed E-state index contributed by atoms with van der Waals surface area (Å²) in [5.74, 6) is -6.43. The van der Waals surface area contributed by atoms with Crippen LogP contribution in [0.25, 0.3) is 0 Å². The quantitative estimate of drug-likeness (QED) is 0.0720. The van der Waals surface area contributed by atoms with E-state index in [9.17, 15) is 48.6 Å². The summed E-state index contributed by atoms with van der Waals surface area (Å²) in [6.07, 6.45) is 2.87. The van der Waals surface area contributed by atoms with Gasteiger partial charge in [-0.1, -0.05) is 64.4 Å². The predicted octanol–water partition coefficient (Wildman–Crippen LogP) is 0.786. The van der Waals surface area contributed by atoms with Gasteiger partial charge in [0.15, 0.2) is 0 Å². The van der Waals surface area contributed by atoms with Crippen molar-refractivity contribution in [1.29, 1.82) is 0 Å². The van der Waals surface area contributed by atoms with E-state index < -0.39 is 102 Å². The molecule has 9 N–H and O–H groups in total. The van der Waals surface area contributed by atoms with Gasteiger partial charge in [0.1, 0.15) is 36.3 Å². The third-order valence-corrected chi connectivity index (χ3v) is 10.5. The van der Waals surface area contributed by atoms with Gasteiger partial charge in [0.2, 0.25) is 35.4 Å². The second-order valence-corrected chi connectivity index (χ2v) is 15.9. The number of nitrogens with two attached hydrogens (primary N) is 1. The Balaban J connectivity index is 2.18. The average Bonchev–Trinajstić information content (AvgIpc) is 3.66. The van der Waals surface area contributed by atoms with Gasteiger partial charge in [-0.05, 0) is 74.9 Å². The van der Waals surface area contributed by atoms with Gasteiger partial charge in [-0.25, -0.2) is 4.79 Å². The highest BCUT2D eigenvalue weighted by Gasteiger charge is 2.41. The van der Waals surface area contributed by atoms with Crippen LogP contribution in [0, 0.1) is 11.8 Å². The zero-order valence-electron chi connectivity index (χ0n) is 33.7. The SMILES string of the molecule is CC[C@H](C)[C@H](NC(=O)[C@H](C)NC(=O)[C@H](CCC(=O)O)NC(=O)[C@H](CC(C)C)NC(=O)[C@@H](N)Cc1ccccc1)C(=O)N1CCC[C@@H]1C(=O)N[C@H](CCSC)C(=O)O. The number of likely N-dealkylation sites (tertiary alicyclic amines) is 1. The molecule has 1 saturated heterocycles. The van der Waals surface area contributed by atoms with Gasteiger partial charge in [-0.2, -0.15) is 11.8 Å². The highest BCUT2D eigenvalue weighted by Crippen LogP contribution is 2.22. The largest absolute Gasteiger partial charge is 0.481 e. The molecule has 0 aliphatic carbocycles. The molecular formula is C39H61N7O10S. The fourth-order valence-electron chi connectivity index (χ4n) is 6.33. The lowest BCUT2D eigenvalue weighted by atomic mass is 9.97. The summed E-state index contributed by atoms with van der Waals surface area (Å²) in [4.78, 5) is 105. The Labute approximate surface area is 338 Å². The molecule has 0 aromatic heterocycles. The van der Waals surface area contributed by atoms with Gasteiger partial charge in [0.25, 0.3) is 0 Å². The second kappa shape index (κ2) is 24.1. The van der Waals surface area contributed by atoms with E-state index in [2.05, 4.69) is 26.6 Å². The Hall–Kier alpha value is -4.71. The van der Waals surface area contributed by atoms with Crippen molar-refractivity contribution >= 4 is 59.1 Å². The van der Waals surface area contributed by atoms with Gasteiger partial charge >= 0.3 is 11.9 Å². The summed E-state index contributed by atoms with van der Waals surface area (Å²) in [5, 5.41) is 32.0. The molecule has 0 unspecified atom stereocenters. The van der Waals surface area contributed by atoms with Gasteiger partial charge in [0, 0.05) is 13.0 Å². The summed E-state index contributed by atoms with van der Waals surface area (Å²) >= 11 is 1.44. The van der Waals surface area contributed by atoms with Crippen LogP contribution in [0.5, 0.6) is 0 Å². The normalized spacial score (nSPS) is 17.5. The second-order valence-electron chi connectivity index (χ2n) is 15.0. The fourth-order valence-corrected chi connectivity index (χ4v) is 6.81. The van der Waals surface area contributed by atoms with Crippen molar-refractivity contribution in [3.05, 3.63) is 35.9 Å². The number of benzene rings is 1. The van der Waals surface area contributed by atoms with Crippen LogP contribution in [0.1, 0.15) is 85.1 Å². The molecule has 1 aromatic carbocycles. The van der Waals surface area contributed by atoms with Crippen molar-refractivity contribution in [3.63, 3.8) is 0 Å². The third kappa shape index (κ3) is 16.0. The molecular weight excluding hydrogens is 759 g/mol. The Morgan fingerprint density at radius 2 is 1.46 bits per heavy atom. The van der Waals surface area contributed by atoms with Crippen LogP contribution < -0.4 is 32.3 Å². The van der Waals surface area contributed by atoms with E-state index in [1.807, 2.05) is 57.4 Å². The van der Waals surface area contributed by atoms with E-state index in [-0.39, 0.29) is 38.1 Å². The molecule has 318 valence electrons. The summed E-state index contributed by atoms with van der Waals surface area (Å²) in [6, 6.07) is 1.20. The Morgan fingerprint density at radius 1 is 0.825 bits per heavy atom. The lowest BCUT2D eigenvalue weighted by Gasteiger charge is -2.32. The topological polar surface area (TPSA) is 266 Å². The van der Waals surface area contributed by atoms with Crippen molar-refractivity contribution < 1.29 is 48.6 Å².